The van der Waals surface area contributed by atoms with Crippen molar-refractivity contribution < 1.29 is 5.11 Å². The van der Waals surface area contributed by atoms with E-state index in [2.05, 4.69) is 10.4 Å². The molecule has 0 unspecified atom stereocenters. The van der Waals surface area contributed by atoms with Crippen LogP contribution in [-0.4, -0.2) is 14.9 Å². The van der Waals surface area contributed by atoms with Gasteiger partial charge < -0.3 is 10.4 Å². The molecule has 0 aliphatic heterocycles. The summed E-state index contributed by atoms with van der Waals surface area (Å²) in [6, 6.07) is 7.13. The van der Waals surface area contributed by atoms with Crippen molar-refractivity contribution in [1.82, 2.24) is 15.1 Å². The molecule has 0 amide bonds. The van der Waals surface area contributed by atoms with Crippen LogP contribution < -0.4 is 5.32 Å². The van der Waals surface area contributed by atoms with Crippen molar-refractivity contribution in [3.63, 3.8) is 0 Å². The minimum atomic E-state index is 0.282. The molecule has 2 aromatic rings. The maximum absolute atomic E-state index is 9.19. The summed E-state index contributed by atoms with van der Waals surface area (Å²) in [5.41, 5.74) is 2.94. The fourth-order valence-electron chi connectivity index (χ4n) is 1.81. The van der Waals surface area contributed by atoms with Gasteiger partial charge in [-0.15, -0.1) is 0 Å². The third kappa shape index (κ3) is 2.83. The van der Waals surface area contributed by atoms with Crippen LogP contribution in [0, 0.1) is 6.92 Å². The predicted molar refractivity (Wildman–Crippen MR) is 71.6 cm³/mol. The van der Waals surface area contributed by atoms with Crippen LogP contribution in [0.25, 0.3) is 0 Å². The van der Waals surface area contributed by atoms with Crippen LogP contribution in [0.5, 0.6) is 5.75 Å². The third-order valence-electron chi connectivity index (χ3n) is 2.82. The number of aryl methyl sites for hydroxylation is 2. The molecule has 0 saturated carbocycles. The van der Waals surface area contributed by atoms with Crippen molar-refractivity contribution in [3.05, 3.63) is 46.2 Å². The van der Waals surface area contributed by atoms with Crippen molar-refractivity contribution in [1.29, 1.82) is 0 Å². The summed E-state index contributed by atoms with van der Waals surface area (Å²) >= 11 is 6.16. The molecule has 0 saturated heterocycles. The SMILES string of the molecule is Cc1nn(C)c(CNCc2ccc(O)cc2)c1Cl. The fraction of sp³-hybridized carbons (Fsp3) is 0.308. The van der Waals surface area contributed by atoms with E-state index in [4.69, 9.17) is 11.6 Å². The topological polar surface area (TPSA) is 50.1 Å². The zero-order valence-corrected chi connectivity index (χ0v) is 11.2. The van der Waals surface area contributed by atoms with E-state index in [0.717, 1.165) is 28.5 Å². The smallest absolute Gasteiger partial charge is 0.115 e. The van der Waals surface area contributed by atoms with Crippen molar-refractivity contribution in [2.45, 2.75) is 20.0 Å². The van der Waals surface area contributed by atoms with Crippen LogP contribution in [0.3, 0.4) is 0 Å². The standard InChI is InChI=1S/C13H16ClN3O/c1-9-13(14)12(17(2)16-9)8-15-7-10-3-5-11(18)6-4-10/h3-6,15,18H,7-8H2,1-2H3. The second-order valence-electron chi connectivity index (χ2n) is 4.24. The number of nitrogens with one attached hydrogen (secondary N) is 1. The molecule has 1 aromatic carbocycles. The monoisotopic (exact) mass is 265 g/mol. The van der Waals surface area contributed by atoms with E-state index >= 15 is 0 Å². The molecule has 2 N–H and O–H groups in total. The predicted octanol–water partition coefficient (Wildman–Crippen LogP) is 2.38. The summed E-state index contributed by atoms with van der Waals surface area (Å²) in [6.07, 6.45) is 0. The molecule has 2 rings (SSSR count). The average Bonchev–Trinajstić information content (AvgIpc) is 2.58. The van der Waals surface area contributed by atoms with Crippen LogP contribution >= 0.6 is 11.6 Å². The lowest BCUT2D eigenvalue weighted by Crippen LogP contribution is -2.15. The first-order chi connectivity index (χ1) is 8.58. The maximum atomic E-state index is 9.19. The van der Waals surface area contributed by atoms with Crippen LogP contribution in [0.1, 0.15) is 17.0 Å². The molecule has 1 heterocycles. The zero-order valence-electron chi connectivity index (χ0n) is 10.4. The summed E-state index contributed by atoms with van der Waals surface area (Å²) in [5, 5.41) is 17.5. The summed E-state index contributed by atoms with van der Waals surface area (Å²) in [5.74, 6) is 0.282. The molecule has 0 spiro atoms. The number of hydrogen-bond acceptors (Lipinski definition) is 3. The number of aromatic nitrogens is 2. The lowest BCUT2D eigenvalue weighted by molar-refractivity contribution is 0.475. The van der Waals surface area contributed by atoms with E-state index in [0.29, 0.717) is 6.54 Å². The average molecular weight is 266 g/mol. The van der Waals surface area contributed by atoms with Gasteiger partial charge in [0, 0.05) is 20.1 Å². The fourth-order valence-corrected chi connectivity index (χ4v) is 2.04. The van der Waals surface area contributed by atoms with Gasteiger partial charge in [-0.25, -0.2) is 0 Å². The largest absolute Gasteiger partial charge is 0.508 e. The minimum Gasteiger partial charge on any atom is -0.508 e. The summed E-state index contributed by atoms with van der Waals surface area (Å²) in [6.45, 7) is 3.28. The Balaban J connectivity index is 1.94. The number of phenolic OH excluding ortho intramolecular Hbond substituents is 1. The number of benzene rings is 1. The Bertz CT molecular complexity index is 534. The molecule has 0 bridgehead atoms. The van der Waals surface area contributed by atoms with E-state index in [-0.39, 0.29) is 5.75 Å². The highest BCUT2D eigenvalue weighted by atomic mass is 35.5. The molecule has 18 heavy (non-hydrogen) atoms. The van der Waals surface area contributed by atoms with Gasteiger partial charge in [0.15, 0.2) is 0 Å². The molecular weight excluding hydrogens is 250 g/mol. The van der Waals surface area contributed by atoms with Gasteiger partial charge in [0.25, 0.3) is 0 Å². The lowest BCUT2D eigenvalue weighted by Gasteiger charge is -2.06. The quantitative estimate of drug-likeness (QED) is 0.892. The molecule has 0 aliphatic carbocycles. The van der Waals surface area contributed by atoms with E-state index in [1.165, 1.54) is 0 Å². The Kier molecular flexibility index (Phi) is 3.89. The Morgan fingerprint density at radius 2 is 1.94 bits per heavy atom. The van der Waals surface area contributed by atoms with Gasteiger partial charge >= 0.3 is 0 Å². The highest BCUT2D eigenvalue weighted by molar-refractivity contribution is 6.31. The Labute approximate surface area is 111 Å². The van der Waals surface area contributed by atoms with Gasteiger partial charge in [-0.1, -0.05) is 23.7 Å². The highest BCUT2D eigenvalue weighted by Crippen LogP contribution is 2.19. The second kappa shape index (κ2) is 5.42. The number of hydrogen-bond donors (Lipinski definition) is 2. The first-order valence-corrected chi connectivity index (χ1v) is 6.12. The summed E-state index contributed by atoms with van der Waals surface area (Å²) < 4.78 is 1.79. The summed E-state index contributed by atoms with van der Waals surface area (Å²) in [7, 11) is 1.89. The minimum absolute atomic E-state index is 0.282. The normalized spacial score (nSPS) is 10.8. The highest BCUT2D eigenvalue weighted by Gasteiger charge is 2.09. The van der Waals surface area contributed by atoms with E-state index in [1.54, 1.807) is 16.8 Å². The van der Waals surface area contributed by atoms with Crippen LogP contribution in [-0.2, 0) is 20.1 Å². The van der Waals surface area contributed by atoms with Crippen LogP contribution in [0.4, 0.5) is 0 Å². The molecule has 0 fully saturated rings. The molecule has 0 aliphatic rings. The van der Waals surface area contributed by atoms with Gasteiger partial charge in [0.2, 0.25) is 0 Å². The second-order valence-corrected chi connectivity index (χ2v) is 4.62. The number of halogens is 1. The van der Waals surface area contributed by atoms with Crippen molar-refractivity contribution in [3.8, 4) is 5.75 Å². The first kappa shape index (κ1) is 12.9. The van der Waals surface area contributed by atoms with Crippen LogP contribution in [0.2, 0.25) is 5.02 Å². The van der Waals surface area contributed by atoms with Crippen molar-refractivity contribution in [2.24, 2.45) is 7.05 Å². The lowest BCUT2D eigenvalue weighted by atomic mass is 10.2. The Morgan fingerprint density at radius 1 is 1.28 bits per heavy atom. The van der Waals surface area contributed by atoms with E-state index in [1.807, 2.05) is 26.1 Å². The first-order valence-electron chi connectivity index (χ1n) is 5.74. The number of aromatic hydroxyl groups is 1. The molecule has 5 heteroatoms. The third-order valence-corrected chi connectivity index (χ3v) is 3.31. The number of phenols is 1. The van der Waals surface area contributed by atoms with E-state index < -0.39 is 0 Å². The molecule has 0 atom stereocenters. The molecular formula is C13H16ClN3O. The van der Waals surface area contributed by atoms with Gasteiger partial charge in [-0.2, -0.15) is 5.10 Å². The zero-order chi connectivity index (χ0) is 13.1. The molecule has 4 nitrogen and oxygen atoms in total. The number of rotatable bonds is 4. The molecule has 0 radical (unpaired) electrons. The Hall–Kier alpha value is -1.52. The summed E-state index contributed by atoms with van der Waals surface area (Å²) in [4.78, 5) is 0. The molecule has 1 aromatic heterocycles. The Morgan fingerprint density at radius 3 is 2.50 bits per heavy atom. The maximum Gasteiger partial charge on any atom is 0.115 e. The van der Waals surface area contributed by atoms with E-state index in [9.17, 15) is 5.11 Å². The van der Waals surface area contributed by atoms with Gasteiger partial charge in [0.05, 0.1) is 16.4 Å². The van der Waals surface area contributed by atoms with Crippen LogP contribution in [0.15, 0.2) is 24.3 Å². The van der Waals surface area contributed by atoms with Crippen molar-refractivity contribution in [2.75, 3.05) is 0 Å². The van der Waals surface area contributed by atoms with Gasteiger partial charge in [0.1, 0.15) is 5.75 Å². The number of nitrogens with zero attached hydrogens (tertiary/aromatic N) is 2. The van der Waals surface area contributed by atoms with Crippen molar-refractivity contribution >= 4 is 11.6 Å². The molecule has 96 valence electrons. The van der Waals surface area contributed by atoms with Gasteiger partial charge in [-0.3, -0.25) is 4.68 Å². The van der Waals surface area contributed by atoms with Gasteiger partial charge in [-0.05, 0) is 24.6 Å².